The van der Waals surface area contributed by atoms with Crippen LogP contribution in [0.3, 0.4) is 0 Å². The number of sulfonamides is 1. The molecule has 0 amide bonds. The van der Waals surface area contributed by atoms with Crippen molar-refractivity contribution in [2.75, 3.05) is 26.8 Å². The predicted octanol–water partition coefficient (Wildman–Crippen LogP) is 1.88. The van der Waals surface area contributed by atoms with Gasteiger partial charge in [-0.05, 0) is 37.1 Å². The van der Waals surface area contributed by atoms with Crippen molar-refractivity contribution >= 4 is 10.0 Å². The van der Waals surface area contributed by atoms with Gasteiger partial charge in [-0.15, -0.1) is 0 Å². The molecule has 1 aliphatic heterocycles. The Bertz CT molecular complexity index is 521. The molecule has 1 aliphatic rings. The first-order chi connectivity index (χ1) is 9.57. The maximum Gasteiger partial charge on any atom is 0.243 e. The molecule has 1 aromatic rings. The Labute approximate surface area is 120 Å². The molecule has 2 rings (SSSR count). The summed E-state index contributed by atoms with van der Waals surface area (Å²) in [7, 11) is -1.91. The average Bonchev–Trinajstić information content (AvgIpc) is 2.97. The molecular formula is C14H21NO4S. The second-order valence-electron chi connectivity index (χ2n) is 4.77. The van der Waals surface area contributed by atoms with Crippen LogP contribution in [0.15, 0.2) is 29.2 Å². The monoisotopic (exact) mass is 299 g/mol. The lowest BCUT2D eigenvalue weighted by molar-refractivity contribution is 0.0947. The first kappa shape index (κ1) is 15.3. The molecule has 0 spiro atoms. The van der Waals surface area contributed by atoms with Crippen LogP contribution in [0, 0.1) is 0 Å². The van der Waals surface area contributed by atoms with Crippen molar-refractivity contribution in [3.05, 3.63) is 24.3 Å². The third kappa shape index (κ3) is 3.31. The fraction of sp³-hybridized carbons (Fsp3) is 0.571. The minimum Gasteiger partial charge on any atom is -0.497 e. The lowest BCUT2D eigenvalue weighted by Gasteiger charge is -2.23. The van der Waals surface area contributed by atoms with Crippen molar-refractivity contribution < 1.29 is 17.9 Å². The molecule has 0 radical (unpaired) electrons. The molecule has 0 bridgehead atoms. The van der Waals surface area contributed by atoms with Gasteiger partial charge in [0.05, 0.1) is 18.1 Å². The van der Waals surface area contributed by atoms with Gasteiger partial charge in [-0.3, -0.25) is 0 Å². The second-order valence-corrected chi connectivity index (χ2v) is 6.70. The first-order valence-electron chi connectivity index (χ1n) is 6.83. The molecule has 1 unspecified atom stereocenters. The molecule has 5 nitrogen and oxygen atoms in total. The van der Waals surface area contributed by atoms with Gasteiger partial charge in [0.25, 0.3) is 0 Å². The molecule has 0 aliphatic carbocycles. The Morgan fingerprint density at radius 2 is 2.05 bits per heavy atom. The summed E-state index contributed by atoms with van der Waals surface area (Å²) in [5.41, 5.74) is 0. The summed E-state index contributed by atoms with van der Waals surface area (Å²) in [4.78, 5) is 0.290. The molecule has 1 atom stereocenters. The molecule has 0 saturated carbocycles. The van der Waals surface area contributed by atoms with Crippen LogP contribution in [0.25, 0.3) is 0 Å². The Morgan fingerprint density at radius 1 is 1.35 bits per heavy atom. The van der Waals surface area contributed by atoms with Crippen molar-refractivity contribution in [3.63, 3.8) is 0 Å². The van der Waals surface area contributed by atoms with Crippen LogP contribution >= 0.6 is 0 Å². The minimum absolute atomic E-state index is 0.0166. The lowest BCUT2D eigenvalue weighted by Crippen LogP contribution is -2.37. The van der Waals surface area contributed by atoms with Gasteiger partial charge in [0, 0.05) is 19.7 Å². The summed E-state index contributed by atoms with van der Waals surface area (Å²) >= 11 is 0. The quantitative estimate of drug-likeness (QED) is 0.805. The van der Waals surface area contributed by atoms with Crippen molar-refractivity contribution in [1.29, 1.82) is 0 Å². The largest absolute Gasteiger partial charge is 0.497 e. The van der Waals surface area contributed by atoms with Crippen molar-refractivity contribution in [2.45, 2.75) is 30.8 Å². The van der Waals surface area contributed by atoms with E-state index in [-0.39, 0.29) is 11.0 Å². The van der Waals surface area contributed by atoms with Crippen LogP contribution in [-0.2, 0) is 14.8 Å². The Kier molecular flexibility index (Phi) is 5.01. The number of hydrogen-bond acceptors (Lipinski definition) is 4. The molecule has 20 heavy (non-hydrogen) atoms. The van der Waals surface area contributed by atoms with Gasteiger partial charge >= 0.3 is 0 Å². The molecule has 1 fully saturated rings. The topological polar surface area (TPSA) is 55.8 Å². The molecule has 0 N–H and O–H groups in total. The zero-order valence-electron chi connectivity index (χ0n) is 11.9. The number of benzene rings is 1. The van der Waals surface area contributed by atoms with Crippen LogP contribution in [0.1, 0.15) is 19.8 Å². The summed E-state index contributed by atoms with van der Waals surface area (Å²) in [5.74, 6) is 0.645. The third-order valence-electron chi connectivity index (χ3n) is 3.48. The van der Waals surface area contributed by atoms with Gasteiger partial charge in [-0.2, -0.15) is 4.31 Å². The fourth-order valence-corrected chi connectivity index (χ4v) is 3.79. The Hall–Kier alpha value is -1.11. The minimum atomic E-state index is -3.47. The van der Waals surface area contributed by atoms with Gasteiger partial charge in [-0.1, -0.05) is 6.92 Å². The number of nitrogens with zero attached hydrogens (tertiary/aromatic N) is 1. The van der Waals surface area contributed by atoms with E-state index in [4.69, 9.17) is 9.47 Å². The molecule has 0 aromatic heterocycles. The number of hydrogen-bond donors (Lipinski definition) is 0. The summed E-state index contributed by atoms with van der Waals surface area (Å²) in [6.07, 6.45) is 1.95. The Morgan fingerprint density at radius 3 is 2.55 bits per heavy atom. The molecule has 1 aromatic carbocycles. The van der Waals surface area contributed by atoms with Crippen molar-refractivity contribution in [3.8, 4) is 5.75 Å². The van der Waals surface area contributed by atoms with Crippen molar-refractivity contribution in [2.24, 2.45) is 0 Å². The van der Waals surface area contributed by atoms with Gasteiger partial charge in [0.1, 0.15) is 5.75 Å². The van der Waals surface area contributed by atoms with Crippen LogP contribution in [0.4, 0.5) is 0 Å². The summed E-state index contributed by atoms with van der Waals surface area (Å²) in [6.45, 7) is 3.43. The maximum absolute atomic E-state index is 12.6. The van der Waals surface area contributed by atoms with E-state index >= 15 is 0 Å². The third-order valence-corrected chi connectivity index (χ3v) is 5.44. The molecule has 1 saturated heterocycles. The number of likely N-dealkylation sites (N-methyl/N-ethyl adjacent to an activating group) is 1. The van der Waals surface area contributed by atoms with E-state index < -0.39 is 10.0 Å². The number of methoxy groups -OCH3 is 1. The van der Waals surface area contributed by atoms with Crippen molar-refractivity contribution in [1.82, 2.24) is 4.31 Å². The predicted molar refractivity (Wildman–Crippen MR) is 76.4 cm³/mol. The van der Waals surface area contributed by atoms with E-state index in [0.29, 0.717) is 18.8 Å². The van der Waals surface area contributed by atoms with E-state index in [1.807, 2.05) is 6.92 Å². The average molecular weight is 299 g/mol. The highest BCUT2D eigenvalue weighted by molar-refractivity contribution is 7.89. The number of rotatable bonds is 6. The maximum atomic E-state index is 12.6. The highest BCUT2D eigenvalue weighted by Gasteiger charge is 2.27. The zero-order chi connectivity index (χ0) is 14.6. The molecular weight excluding hydrogens is 278 g/mol. The molecule has 112 valence electrons. The normalized spacial score (nSPS) is 19.4. The van der Waals surface area contributed by atoms with Crippen LogP contribution in [0.2, 0.25) is 0 Å². The molecule has 1 heterocycles. The fourth-order valence-electron chi connectivity index (χ4n) is 2.31. The smallest absolute Gasteiger partial charge is 0.243 e. The van der Waals surface area contributed by atoms with E-state index in [9.17, 15) is 8.42 Å². The summed E-state index contributed by atoms with van der Waals surface area (Å²) in [5, 5.41) is 0. The number of ether oxygens (including phenoxy) is 2. The molecule has 6 heteroatoms. The highest BCUT2D eigenvalue weighted by Crippen LogP contribution is 2.21. The van der Waals surface area contributed by atoms with Gasteiger partial charge in [0.2, 0.25) is 10.0 Å². The van der Waals surface area contributed by atoms with Gasteiger partial charge in [0.15, 0.2) is 0 Å². The van der Waals surface area contributed by atoms with Gasteiger partial charge < -0.3 is 9.47 Å². The Balaban J connectivity index is 2.16. The summed E-state index contributed by atoms with van der Waals surface area (Å²) in [6, 6.07) is 6.47. The first-order valence-corrected chi connectivity index (χ1v) is 8.27. The van der Waals surface area contributed by atoms with Crippen LogP contribution < -0.4 is 4.74 Å². The lowest BCUT2D eigenvalue weighted by atomic mass is 10.2. The van der Waals surface area contributed by atoms with Crippen LogP contribution in [-0.4, -0.2) is 45.6 Å². The van der Waals surface area contributed by atoms with E-state index in [0.717, 1.165) is 19.4 Å². The van der Waals surface area contributed by atoms with Crippen LogP contribution in [0.5, 0.6) is 5.75 Å². The van der Waals surface area contributed by atoms with E-state index in [2.05, 4.69) is 0 Å². The summed E-state index contributed by atoms with van der Waals surface area (Å²) < 4.78 is 37.2. The van der Waals surface area contributed by atoms with E-state index in [1.165, 1.54) is 4.31 Å². The SMILES string of the molecule is CCN(CC1CCCO1)S(=O)(=O)c1ccc(OC)cc1. The van der Waals surface area contributed by atoms with Gasteiger partial charge in [-0.25, -0.2) is 8.42 Å². The second kappa shape index (κ2) is 6.56. The highest BCUT2D eigenvalue weighted by atomic mass is 32.2. The standard InChI is InChI=1S/C14H21NO4S/c1-3-15(11-13-5-4-10-19-13)20(16,17)14-8-6-12(18-2)7-9-14/h6-9,13H,3-5,10-11H2,1-2H3. The van der Waals surface area contributed by atoms with E-state index in [1.54, 1.807) is 31.4 Å². The zero-order valence-corrected chi connectivity index (χ0v) is 12.7.